The van der Waals surface area contributed by atoms with Gasteiger partial charge < -0.3 is 10.5 Å². The summed E-state index contributed by atoms with van der Waals surface area (Å²) in [5.74, 6) is 0. The number of rotatable bonds is 6. The van der Waals surface area contributed by atoms with Crippen LogP contribution in [-0.4, -0.2) is 39.0 Å². The van der Waals surface area contributed by atoms with Gasteiger partial charge in [-0.15, -0.1) is 0 Å². The molecule has 0 fully saturated rings. The van der Waals surface area contributed by atoms with Crippen LogP contribution >= 0.6 is 0 Å². The number of benzene rings is 1. The number of sulfonamides is 1. The van der Waals surface area contributed by atoms with Crippen molar-refractivity contribution in [2.75, 3.05) is 25.9 Å². The summed E-state index contributed by atoms with van der Waals surface area (Å²) in [5, 5.41) is 0. The van der Waals surface area contributed by atoms with E-state index in [1.165, 1.54) is 4.31 Å². The van der Waals surface area contributed by atoms with Crippen molar-refractivity contribution >= 4 is 15.7 Å². The monoisotopic (exact) mass is 286 g/mol. The first-order valence-corrected chi connectivity index (χ1v) is 7.64. The van der Waals surface area contributed by atoms with Gasteiger partial charge in [0.05, 0.1) is 17.6 Å². The van der Waals surface area contributed by atoms with E-state index >= 15 is 0 Å². The van der Waals surface area contributed by atoms with Crippen molar-refractivity contribution in [3.8, 4) is 0 Å². The third kappa shape index (κ3) is 3.92. The van der Waals surface area contributed by atoms with Crippen LogP contribution in [0.4, 0.5) is 5.69 Å². The Morgan fingerprint density at radius 1 is 1.37 bits per heavy atom. The maximum Gasteiger partial charge on any atom is 0.243 e. The number of likely N-dealkylation sites (N-methyl/N-ethyl adjacent to an activating group) is 1. The molecule has 0 aliphatic carbocycles. The lowest BCUT2D eigenvalue weighted by atomic mass is 10.2. The van der Waals surface area contributed by atoms with Gasteiger partial charge in [0, 0.05) is 19.3 Å². The molecule has 0 aliphatic heterocycles. The van der Waals surface area contributed by atoms with Gasteiger partial charge in [0.15, 0.2) is 0 Å². The summed E-state index contributed by atoms with van der Waals surface area (Å²) in [6.07, 6.45) is 0.0882. The molecular weight excluding hydrogens is 264 g/mol. The first-order chi connectivity index (χ1) is 8.76. The first kappa shape index (κ1) is 15.9. The highest BCUT2D eigenvalue weighted by molar-refractivity contribution is 7.89. The van der Waals surface area contributed by atoms with E-state index in [-0.39, 0.29) is 11.0 Å². The molecule has 1 aromatic rings. The molecule has 0 aliphatic rings. The summed E-state index contributed by atoms with van der Waals surface area (Å²) in [7, 11) is -1.97. The molecule has 0 atom stereocenters. The summed E-state index contributed by atoms with van der Waals surface area (Å²) in [6.45, 7) is 6.22. The molecule has 0 saturated heterocycles. The molecule has 0 radical (unpaired) electrons. The van der Waals surface area contributed by atoms with E-state index in [1.54, 1.807) is 32.2 Å². The lowest BCUT2D eigenvalue weighted by molar-refractivity contribution is 0.0737. The largest absolute Gasteiger partial charge is 0.398 e. The highest BCUT2D eigenvalue weighted by atomic mass is 32.2. The molecule has 1 aromatic carbocycles. The Bertz CT molecular complexity index is 527. The van der Waals surface area contributed by atoms with Gasteiger partial charge in [0.25, 0.3) is 0 Å². The molecular formula is C13H22N2O3S. The Morgan fingerprint density at radius 3 is 2.58 bits per heavy atom. The molecule has 0 spiro atoms. The van der Waals surface area contributed by atoms with Crippen LogP contribution < -0.4 is 5.73 Å². The topological polar surface area (TPSA) is 72.6 Å². The minimum absolute atomic E-state index is 0.0882. The van der Waals surface area contributed by atoms with Gasteiger partial charge in [-0.3, -0.25) is 0 Å². The predicted octanol–water partition coefficient (Wildman–Crippen LogP) is 1.62. The number of ether oxygens (including phenoxy) is 1. The SMILES string of the molecule is Cc1c(N)cccc1S(=O)(=O)N(C)CCOC(C)C. The number of anilines is 1. The Morgan fingerprint density at radius 2 is 2.00 bits per heavy atom. The van der Waals surface area contributed by atoms with Crippen LogP contribution in [0, 0.1) is 6.92 Å². The van der Waals surface area contributed by atoms with Crippen molar-refractivity contribution in [2.45, 2.75) is 31.8 Å². The predicted molar refractivity (Wildman–Crippen MR) is 76.5 cm³/mol. The fourth-order valence-corrected chi connectivity index (χ4v) is 3.02. The summed E-state index contributed by atoms with van der Waals surface area (Å²) >= 11 is 0. The Hall–Kier alpha value is -1.11. The Kier molecular flexibility index (Phi) is 5.34. The Labute approximate surface area is 115 Å². The minimum atomic E-state index is -3.52. The molecule has 2 N–H and O–H groups in total. The molecule has 0 saturated carbocycles. The summed E-state index contributed by atoms with van der Waals surface area (Å²) < 4.78 is 31.4. The van der Waals surface area contributed by atoms with Crippen LogP contribution in [-0.2, 0) is 14.8 Å². The maximum absolute atomic E-state index is 12.4. The van der Waals surface area contributed by atoms with Gasteiger partial charge in [0.2, 0.25) is 10.0 Å². The number of nitrogens with zero attached hydrogens (tertiary/aromatic N) is 1. The summed E-state index contributed by atoms with van der Waals surface area (Å²) in [5.41, 5.74) is 6.81. The second-order valence-electron chi connectivity index (χ2n) is 4.72. The zero-order valence-corrected chi connectivity index (χ0v) is 12.7. The Balaban J connectivity index is 2.88. The lowest BCUT2D eigenvalue weighted by Crippen LogP contribution is -2.31. The fraction of sp³-hybridized carbons (Fsp3) is 0.538. The molecule has 0 heterocycles. The normalized spacial score (nSPS) is 12.3. The first-order valence-electron chi connectivity index (χ1n) is 6.20. The molecule has 1 rings (SSSR count). The van der Waals surface area contributed by atoms with E-state index in [0.717, 1.165) is 0 Å². The van der Waals surface area contributed by atoms with E-state index in [2.05, 4.69) is 0 Å². The molecule has 5 nitrogen and oxygen atoms in total. The molecule has 0 amide bonds. The number of hydrogen-bond acceptors (Lipinski definition) is 4. The van der Waals surface area contributed by atoms with Crippen molar-refractivity contribution in [3.63, 3.8) is 0 Å². The fourth-order valence-electron chi connectivity index (χ4n) is 1.62. The van der Waals surface area contributed by atoms with Gasteiger partial charge in [-0.2, -0.15) is 4.31 Å². The molecule has 108 valence electrons. The van der Waals surface area contributed by atoms with Crippen LogP contribution in [0.15, 0.2) is 23.1 Å². The van der Waals surface area contributed by atoms with E-state index in [0.29, 0.717) is 24.4 Å². The van der Waals surface area contributed by atoms with Crippen LogP contribution in [0.3, 0.4) is 0 Å². The number of hydrogen-bond donors (Lipinski definition) is 1. The molecule has 6 heteroatoms. The van der Waals surface area contributed by atoms with Crippen LogP contribution in [0.1, 0.15) is 19.4 Å². The van der Waals surface area contributed by atoms with Crippen LogP contribution in [0.2, 0.25) is 0 Å². The quantitative estimate of drug-likeness (QED) is 0.807. The van der Waals surface area contributed by atoms with Crippen LogP contribution in [0.5, 0.6) is 0 Å². The van der Waals surface area contributed by atoms with E-state index in [1.807, 2.05) is 13.8 Å². The molecule has 0 bridgehead atoms. The zero-order valence-electron chi connectivity index (χ0n) is 11.9. The second-order valence-corrected chi connectivity index (χ2v) is 6.73. The van der Waals surface area contributed by atoms with Crippen molar-refractivity contribution in [1.82, 2.24) is 4.31 Å². The van der Waals surface area contributed by atoms with Gasteiger partial charge >= 0.3 is 0 Å². The highest BCUT2D eigenvalue weighted by Crippen LogP contribution is 2.22. The van der Waals surface area contributed by atoms with Gasteiger partial charge in [-0.05, 0) is 38.5 Å². The standard InChI is InChI=1S/C13H22N2O3S/c1-10(2)18-9-8-15(4)19(16,17)13-7-5-6-12(14)11(13)3/h5-7,10H,8-9,14H2,1-4H3. The van der Waals surface area contributed by atoms with Crippen molar-refractivity contribution in [2.24, 2.45) is 0 Å². The lowest BCUT2D eigenvalue weighted by Gasteiger charge is -2.19. The molecule has 0 aromatic heterocycles. The van der Waals surface area contributed by atoms with Crippen molar-refractivity contribution in [3.05, 3.63) is 23.8 Å². The van der Waals surface area contributed by atoms with E-state index in [9.17, 15) is 8.42 Å². The van der Waals surface area contributed by atoms with Crippen LogP contribution in [0.25, 0.3) is 0 Å². The number of nitrogens with two attached hydrogens (primary N) is 1. The third-order valence-corrected chi connectivity index (χ3v) is 4.87. The third-order valence-electron chi connectivity index (χ3n) is 2.87. The zero-order chi connectivity index (χ0) is 14.6. The second kappa shape index (κ2) is 6.36. The summed E-state index contributed by atoms with van der Waals surface area (Å²) in [6, 6.07) is 4.91. The van der Waals surface area contributed by atoms with Crippen molar-refractivity contribution < 1.29 is 13.2 Å². The highest BCUT2D eigenvalue weighted by Gasteiger charge is 2.23. The minimum Gasteiger partial charge on any atom is -0.398 e. The molecule has 0 unspecified atom stereocenters. The smallest absolute Gasteiger partial charge is 0.243 e. The maximum atomic E-state index is 12.4. The molecule has 19 heavy (non-hydrogen) atoms. The van der Waals surface area contributed by atoms with Gasteiger partial charge in [-0.25, -0.2) is 8.42 Å². The van der Waals surface area contributed by atoms with Crippen molar-refractivity contribution in [1.29, 1.82) is 0 Å². The average Bonchev–Trinajstić information content (AvgIpc) is 2.31. The van der Waals surface area contributed by atoms with Gasteiger partial charge in [0.1, 0.15) is 0 Å². The summed E-state index contributed by atoms with van der Waals surface area (Å²) in [4.78, 5) is 0.250. The number of nitrogen functional groups attached to an aromatic ring is 1. The van der Waals surface area contributed by atoms with E-state index < -0.39 is 10.0 Å². The van der Waals surface area contributed by atoms with Gasteiger partial charge in [-0.1, -0.05) is 6.07 Å². The average molecular weight is 286 g/mol. The van der Waals surface area contributed by atoms with E-state index in [4.69, 9.17) is 10.5 Å².